The highest BCUT2D eigenvalue weighted by Crippen LogP contribution is 2.30. The van der Waals surface area contributed by atoms with Crippen LogP contribution in [-0.4, -0.2) is 19.7 Å². The van der Waals surface area contributed by atoms with Crippen LogP contribution in [0.3, 0.4) is 0 Å². The predicted molar refractivity (Wildman–Crippen MR) is 125 cm³/mol. The highest BCUT2D eigenvalue weighted by molar-refractivity contribution is 6.05. The van der Waals surface area contributed by atoms with Crippen LogP contribution in [0.15, 0.2) is 48.0 Å². The number of rotatable bonds is 10. The monoisotopic (exact) mass is 419 g/mol. The molecule has 0 amide bonds. The van der Waals surface area contributed by atoms with Crippen molar-refractivity contribution in [2.24, 2.45) is 5.92 Å². The SMILES string of the molecule is CCCCC(CC)COC(=O)C(C#N)=C(c1ccc(OC)cc1)c1ccc(C)c(C)c1. The van der Waals surface area contributed by atoms with Gasteiger partial charge in [-0.3, -0.25) is 0 Å². The number of ether oxygens (including phenoxy) is 2. The summed E-state index contributed by atoms with van der Waals surface area (Å²) in [6, 6.07) is 15.5. The molecule has 0 aliphatic heterocycles. The summed E-state index contributed by atoms with van der Waals surface area (Å²) in [5.41, 5.74) is 4.45. The van der Waals surface area contributed by atoms with Gasteiger partial charge in [-0.1, -0.05) is 63.4 Å². The molecule has 0 aliphatic carbocycles. The summed E-state index contributed by atoms with van der Waals surface area (Å²) < 4.78 is 10.9. The summed E-state index contributed by atoms with van der Waals surface area (Å²) in [4.78, 5) is 13.0. The van der Waals surface area contributed by atoms with Gasteiger partial charge in [-0.05, 0) is 60.6 Å². The second-order valence-corrected chi connectivity index (χ2v) is 7.90. The number of benzene rings is 2. The number of unbranched alkanes of at least 4 members (excludes halogenated alkanes) is 1. The van der Waals surface area contributed by atoms with E-state index >= 15 is 0 Å². The molecule has 0 heterocycles. The van der Waals surface area contributed by atoms with Crippen LogP contribution in [0.2, 0.25) is 0 Å². The van der Waals surface area contributed by atoms with Crippen molar-refractivity contribution in [1.82, 2.24) is 0 Å². The summed E-state index contributed by atoms with van der Waals surface area (Å²) in [5, 5.41) is 9.94. The minimum Gasteiger partial charge on any atom is -0.497 e. The third-order valence-corrected chi connectivity index (χ3v) is 5.73. The molecule has 4 nitrogen and oxygen atoms in total. The first-order valence-corrected chi connectivity index (χ1v) is 11.0. The molecular formula is C27H33NO3. The quantitative estimate of drug-likeness (QED) is 0.254. The minimum absolute atomic E-state index is 0.0266. The standard InChI is InChI=1S/C27H33NO3/c1-6-8-9-21(7-2)18-31-27(29)25(17-28)26(22-12-14-24(30-5)15-13-22)23-11-10-19(3)20(4)16-23/h10-16,21H,6-9,18H2,1-5H3. The average molecular weight is 420 g/mol. The molecule has 2 rings (SSSR count). The third-order valence-electron chi connectivity index (χ3n) is 5.73. The number of carbonyl (C=O) groups is 1. The molecule has 164 valence electrons. The first kappa shape index (κ1) is 24.2. The molecule has 0 aromatic heterocycles. The fraction of sp³-hybridized carbons (Fsp3) is 0.407. The number of aryl methyl sites for hydroxylation is 2. The van der Waals surface area contributed by atoms with Crippen LogP contribution in [0, 0.1) is 31.1 Å². The van der Waals surface area contributed by atoms with Gasteiger partial charge in [-0.2, -0.15) is 5.26 Å². The molecular weight excluding hydrogens is 386 g/mol. The molecule has 0 bridgehead atoms. The van der Waals surface area contributed by atoms with Crippen LogP contribution >= 0.6 is 0 Å². The Kier molecular flexibility index (Phi) is 9.34. The van der Waals surface area contributed by atoms with Crippen LogP contribution in [0.5, 0.6) is 5.75 Å². The number of carbonyl (C=O) groups excluding carboxylic acids is 1. The Labute approximate surface area is 186 Å². The van der Waals surface area contributed by atoms with Gasteiger partial charge in [0.1, 0.15) is 17.4 Å². The van der Waals surface area contributed by atoms with E-state index in [1.165, 1.54) is 0 Å². The maximum Gasteiger partial charge on any atom is 0.349 e. The van der Waals surface area contributed by atoms with Crippen LogP contribution in [-0.2, 0) is 9.53 Å². The summed E-state index contributed by atoms with van der Waals surface area (Å²) in [6.45, 7) is 8.65. The maximum absolute atomic E-state index is 13.0. The second-order valence-electron chi connectivity index (χ2n) is 7.90. The lowest BCUT2D eigenvalue weighted by Crippen LogP contribution is -2.16. The lowest BCUT2D eigenvalue weighted by atomic mass is 9.91. The molecule has 1 unspecified atom stereocenters. The van der Waals surface area contributed by atoms with Gasteiger partial charge in [0.05, 0.1) is 13.7 Å². The van der Waals surface area contributed by atoms with E-state index in [0.29, 0.717) is 23.8 Å². The average Bonchev–Trinajstić information content (AvgIpc) is 2.79. The topological polar surface area (TPSA) is 59.3 Å². The van der Waals surface area contributed by atoms with Crippen molar-refractivity contribution < 1.29 is 14.3 Å². The van der Waals surface area contributed by atoms with Crippen LogP contribution < -0.4 is 4.74 Å². The van der Waals surface area contributed by atoms with Crippen molar-refractivity contribution in [2.45, 2.75) is 53.4 Å². The molecule has 31 heavy (non-hydrogen) atoms. The molecule has 0 spiro atoms. The summed E-state index contributed by atoms with van der Waals surface area (Å²) in [6.07, 6.45) is 4.19. The van der Waals surface area contributed by atoms with Gasteiger partial charge in [-0.15, -0.1) is 0 Å². The van der Waals surface area contributed by atoms with Gasteiger partial charge in [-0.25, -0.2) is 4.79 Å². The van der Waals surface area contributed by atoms with Crippen molar-refractivity contribution >= 4 is 11.5 Å². The Morgan fingerprint density at radius 2 is 1.71 bits per heavy atom. The lowest BCUT2D eigenvalue weighted by molar-refractivity contribution is -0.139. The number of hydrogen-bond donors (Lipinski definition) is 0. The molecule has 2 aromatic carbocycles. The summed E-state index contributed by atoms with van der Waals surface area (Å²) in [5.74, 6) is 0.461. The minimum atomic E-state index is -0.568. The largest absolute Gasteiger partial charge is 0.497 e. The van der Waals surface area contributed by atoms with Gasteiger partial charge in [0.25, 0.3) is 0 Å². The second kappa shape index (κ2) is 12.0. The van der Waals surface area contributed by atoms with Gasteiger partial charge in [0.2, 0.25) is 0 Å². The van der Waals surface area contributed by atoms with Gasteiger partial charge in [0, 0.05) is 5.57 Å². The molecule has 0 aliphatic rings. The zero-order valence-corrected chi connectivity index (χ0v) is 19.3. The van der Waals surface area contributed by atoms with E-state index in [1.807, 2.05) is 56.3 Å². The summed E-state index contributed by atoms with van der Waals surface area (Å²) in [7, 11) is 1.61. The molecule has 4 heteroatoms. The highest BCUT2D eigenvalue weighted by atomic mass is 16.5. The van der Waals surface area contributed by atoms with Crippen molar-refractivity contribution in [3.8, 4) is 11.8 Å². The number of hydrogen-bond acceptors (Lipinski definition) is 4. The lowest BCUT2D eigenvalue weighted by Gasteiger charge is -2.16. The first-order valence-electron chi connectivity index (χ1n) is 11.0. The van der Waals surface area contributed by atoms with E-state index in [1.54, 1.807) is 7.11 Å². The highest BCUT2D eigenvalue weighted by Gasteiger charge is 2.21. The third kappa shape index (κ3) is 6.46. The normalized spacial score (nSPS) is 12.5. The van der Waals surface area contributed by atoms with Crippen molar-refractivity contribution in [3.05, 3.63) is 70.3 Å². The molecule has 0 N–H and O–H groups in total. The van der Waals surface area contributed by atoms with Gasteiger partial charge in [0.15, 0.2) is 0 Å². The molecule has 0 saturated heterocycles. The molecule has 0 radical (unpaired) electrons. The van der Waals surface area contributed by atoms with Gasteiger partial charge < -0.3 is 9.47 Å². The van der Waals surface area contributed by atoms with E-state index in [9.17, 15) is 10.1 Å². The number of esters is 1. The maximum atomic E-state index is 13.0. The van der Waals surface area contributed by atoms with Gasteiger partial charge >= 0.3 is 5.97 Å². The molecule has 1 atom stereocenters. The fourth-order valence-corrected chi connectivity index (χ4v) is 3.48. The Morgan fingerprint density at radius 1 is 1.03 bits per heavy atom. The molecule has 2 aromatic rings. The van der Waals surface area contributed by atoms with Crippen molar-refractivity contribution in [3.63, 3.8) is 0 Å². The van der Waals surface area contributed by atoms with Crippen LogP contribution in [0.1, 0.15) is 61.8 Å². The first-order chi connectivity index (χ1) is 14.9. The summed E-state index contributed by atoms with van der Waals surface area (Å²) >= 11 is 0. The Hall–Kier alpha value is -3.06. The van der Waals surface area contributed by atoms with E-state index < -0.39 is 5.97 Å². The van der Waals surface area contributed by atoms with Crippen molar-refractivity contribution in [1.29, 1.82) is 5.26 Å². The van der Waals surface area contributed by atoms with Crippen LogP contribution in [0.4, 0.5) is 0 Å². The zero-order chi connectivity index (χ0) is 22.8. The predicted octanol–water partition coefficient (Wildman–Crippen LogP) is 6.40. The zero-order valence-electron chi connectivity index (χ0n) is 19.3. The van der Waals surface area contributed by atoms with E-state index in [0.717, 1.165) is 47.9 Å². The smallest absolute Gasteiger partial charge is 0.349 e. The number of nitriles is 1. The Balaban J connectivity index is 2.47. The Morgan fingerprint density at radius 3 is 2.26 bits per heavy atom. The molecule has 0 saturated carbocycles. The van der Waals surface area contributed by atoms with E-state index in [2.05, 4.69) is 19.9 Å². The fourth-order valence-electron chi connectivity index (χ4n) is 3.48. The Bertz CT molecular complexity index is 951. The van der Waals surface area contributed by atoms with E-state index in [4.69, 9.17) is 9.47 Å². The van der Waals surface area contributed by atoms with Crippen LogP contribution in [0.25, 0.3) is 5.57 Å². The molecule has 0 fully saturated rings. The number of nitrogens with zero attached hydrogens (tertiary/aromatic N) is 1. The number of methoxy groups -OCH3 is 1. The van der Waals surface area contributed by atoms with E-state index in [-0.39, 0.29) is 5.57 Å². The van der Waals surface area contributed by atoms with Crippen molar-refractivity contribution in [2.75, 3.05) is 13.7 Å².